The second kappa shape index (κ2) is 4.60. The number of nitrogens with one attached hydrogen (secondary N) is 2. The van der Waals surface area contributed by atoms with Gasteiger partial charge in [-0.1, -0.05) is 0 Å². The van der Waals surface area contributed by atoms with Gasteiger partial charge in [-0.15, -0.1) is 4.98 Å². The zero-order valence-electron chi connectivity index (χ0n) is 8.45. The second-order valence-corrected chi connectivity index (χ2v) is 3.03. The molecule has 2 aromatic heterocycles. The highest BCUT2D eigenvalue weighted by molar-refractivity contribution is 5.64. The lowest BCUT2D eigenvalue weighted by molar-refractivity contribution is -0.657. The summed E-state index contributed by atoms with van der Waals surface area (Å²) >= 11 is 0. The lowest BCUT2D eigenvalue weighted by Gasteiger charge is -2.02. The summed E-state index contributed by atoms with van der Waals surface area (Å²) in [6, 6.07) is 0. The first-order chi connectivity index (χ1) is 7.13. The molecule has 0 spiro atoms. The number of fused-ring (bicyclic) bond motifs is 1. The lowest BCUT2D eigenvalue weighted by Crippen LogP contribution is -3.00. The Kier molecular flexibility index (Phi) is 3.62. The molecule has 2 aromatic rings. The number of H-pyrrole nitrogens is 2. The Bertz CT molecular complexity index is 632. The Morgan fingerprint density at radius 3 is 2.75 bits per heavy atom. The van der Waals surface area contributed by atoms with Crippen LogP contribution in [-0.2, 0) is 6.54 Å². The molecule has 86 valence electrons. The van der Waals surface area contributed by atoms with Crippen LogP contribution < -0.4 is 45.4 Å². The first-order valence-corrected chi connectivity index (χ1v) is 4.44. The highest BCUT2D eigenvalue weighted by atomic mass is 127. The molecule has 0 bridgehead atoms. The van der Waals surface area contributed by atoms with Crippen LogP contribution in [0.25, 0.3) is 11.2 Å². The highest BCUT2D eigenvalue weighted by Gasteiger charge is 2.14. The van der Waals surface area contributed by atoms with Gasteiger partial charge in [0.15, 0.2) is 5.52 Å². The van der Waals surface area contributed by atoms with Crippen molar-refractivity contribution < 1.29 is 28.5 Å². The van der Waals surface area contributed by atoms with Gasteiger partial charge in [0.2, 0.25) is 0 Å². The van der Waals surface area contributed by atoms with E-state index in [-0.39, 0.29) is 35.4 Å². The van der Waals surface area contributed by atoms with E-state index in [0.717, 1.165) is 6.20 Å². The van der Waals surface area contributed by atoms with Gasteiger partial charge in [-0.05, 0) is 6.92 Å². The van der Waals surface area contributed by atoms with E-state index in [1.54, 1.807) is 4.57 Å². The minimum Gasteiger partial charge on any atom is -1.00 e. The van der Waals surface area contributed by atoms with Gasteiger partial charge in [0.05, 0.1) is 6.54 Å². The molecule has 2 rings (SSSR count). The van der Waals surface area contributed by atoms with Gasteiger partial charge in [0.25, 0.3) is 11.2 Å². The summed E-state index contributed by atoms with van der Waals surface area (Å²) in [5.41, 5.74) is 5.26. The topological polar surface area (TPSA) is 109 Å². The largest absolute Gasteiger partial charge is 1.00 e. The number of aromatic amines is 2. The van der Waals surface area contributed by atoms with Gasteiger partial charge in [-0.3, -0.25) is 9.59 Å². The number of anilines is 1. The van der Waals surface area contributed by atoms with Gasteiger partial charge in [0.1, 0.15) is 6.20 Å². The number of aryl methyl sites for hydroxylation is 1. The van der Waals surface area contributed by atoms with Crippen LogP contribution >= 0.6 is 0 Å². The number of nitrogen functional groups attached to an aromatic ring is 1. The molecule has 0 aliphatic carbocycles. The Morgan fingerprint density at radius 1 is 1.44 bits per heavy atom. The number of aromatic nitrogens is 4. The molecule has 0 saturated carbocycles. The molecule has 0 aromatic carbocycles. The number of nitrogens with zero attached hydrogens (tertiary/aromatic N) is 2. The third-order valence-corrected chi connectivity index (χ3v) is 2.11. The third kappa shape index (κ3) is 1.92. The fraction of sp³-hybridized carbons (Fsp3) is 0.250. The lowest BCUT2D eigenvalue weighted by atomic mass is 10.4. The summed E-state index contributed by atoms with van der Waals surface area (Å²) in [4.78, 5) is 31.2. The summed E-state index contributed by atoms with van der Waals surface area (Å²) in [7, 11) is 0. The van der Waals surface area contributed by atoms with E-state index in [2.05, 4.69) is 15.0 Å². The van der Waals surface area contributed by atoms with Gasteiger partial charge >= 0.3 is 11.5 Å². The van der Waals surface area contributed by atoms with E-state index in [0.29, 0.717) is 12.2 Å². The fourth-order valence-electron chi connectivity index (χ4n) is 1.44. The molecule has 4 N–H and O–H groups in total. The van der Waals surface area contributed by atoms with Crippen LogP contribution in [0.2, 0.25) is 0 Å². The smallest absolute Gasteiger partial charge is 0.322 e. The minimum atomic E-state index is -0.447. The number of nitrogens with two attached hydrogens (primary N) is 1. The molecular formula is C8H10IN5O2. The molecule has 0 fully saturated rings. The number of hydrogen-bond acceptors (Lipinski definition) is 4. The van der Waals surface area contributed by atoms with Crippen LogP contribution in [0.4, 0.5) is 5.95 Å². The summed E-state index contributed by atoms with van der Waals surface area (Å²) in [5.74, 6) is 0.217. The van der Waals surface area contributed by atoms with Crippen molar-refractivity contribution in [2.75, 3.05) is 5.73 Å². The molecule has 0 aliphatic rings. The predicted molar refractivity (Wildman–Crippen MR) is 53.3 cm³/mol. The van der Waals surface area contributed by atoms with Gasteiger partial charge in [-0.25, -0.2) is 9.55 Å². The van der Waals surface area contributed by atoms with Crippen LogP contribution in [-0.4, -0.2) is 15.0 Å². The number of rotatable bonds is 1. The Morgan fingerprint density at radius 2 is 2.12 bits per heavy atom. The van der Waals surface area contributed by atoms with Crippen LogP contribution in [0.1, 0.15) is 6.92 Å². The summed E-state index contributed by atoms with van der Waals surface area (Å²) in [5, 5.41) is 0. The van der Waals surface area contributed by atoms with Gasteiger partial charge < -0.3 is 34.7 Å². The van der Waals surface area contributed by atoms with E-state index >= 15 is 0 Å². The van der Waals surface area contributed by atoms with E-state index in [9.17, 15) is 9.59 Å². The average Bonchev–Trinajstić information content (AvgIpc) is 2.19. The summed E-state index contributed by atoms with van der Waals surface area (Å²) in [6.07, 6.45) is 1.12. The van der Waals surface area contributed by atoms with Crippen molar-refractivity contribution in [2.24, 2.45) is 0 Å². The summed E-state index contributed by atoms with van der Waals surface area (Å²) < 4.78 is 1.60. The molecule has 0 saturated heterocycles. The molecule has 0 atom stereocenters. The van der Waals surface area contributed by atoms with E-state index in [1.165, 1.54) is 0 Å². The maximum Gasteiger partial charge on any atom is 0.322 e. The maximum atomic E-state index is 11.5. The van der Waals surface area contributed by atoms with Crippen molar-refractivity contribution in [3.05, 3.63) is 26.9 Å². The maximum absolute atomic E-state index is 11.5. The standard InChI is InChI=1S/C8H9N5O2.HI/c1-2-13-6-5(7(15)12-8(13)9)11-4(14)3-10-6;/h3H,2H2,1H3,(H3,9,11,12,14,15);1H. The van der Waals surface area contributed by atoms with Crippen LogP contribution in [0.5, 0.6) is 0 Å². The second-order valence-electron chi connectivity index (χ2n) is 3.03. The van der Waals surface area contributed by atoms with Crippen LogP contribution in [0.3, 0.4) is 0 Å². The molecule has 0 aliphatic heterocycles. The van der Waals surface area contributed by atoms with E-state index in [1.807, 2.05) is 6.92 Å². The van der Waals surface area contributed by atoms with Crippen molar-refractivity contribution in [1.82, 2.24) is 15.0 Å². The van der Waals surface area contributed by atoms with Crippen molar-refractivity contribution in [2.45, 2.75) is 13.5 Å². The number of halogens is 1. The predicted octanol–water partition coefficient (Wildman–Crippen LogP) is -4.49. The minimum absolute atomic E-state index is 0. The van der Waals surface area contributed by atoms with E-state index in [4.69, 9.17) is 5.73 Å². The third-order valence-electron chi connectivity index (χ3n) is 2.11. The molecule has 7 nitrogen and oxygen atoms in total. The van der Waals surface area contributed by atoms with Crippen LogP contribution in [0, 0.1) is 0 Å². The first-order valence-electron chi connectivity index (χ1n) is 4.44. The van der Waals surface area contributed by atoms with Crippen LogP contribution in [0.15, 0.2) is 15.8 Å². The average molecular weight is 335 g/mol. The number of hydrogen-bond donors (Lipinski definition) is 3. The molecule has 0 amide bonds. The Labute approximate surface area is 107 Å². The van der Waals surface area contributed by atoms with Gasteiger partial charge in [-0.2, -0.15) is 0 Å². The van der Waals surface area contributed by atoms with Crippen molar-refractivity contribution >= 4 is 17.1 Å². The highest BCUT2D eigenvalue weighted by Crippen LogP contribution is 1.95. The van der Waals surface area contributed by atoms with Crippen molar-refractivity contribution in [1.29, 1.82) is 0 Å². The molecule has 2 heterocycles. The first kappa shape index (κ1) is 12.6. The van der Waals surface area contributed by atoms with E-state index < -0.39 is 11.1 Å². The zero-order valence-corrected chi connectivity index (χ0v) is 10.6. The molecule has 16 heavy (non-hydrogen) atoms. The molecule has 8 heteroatoms. The zero-order chi connectivity index (χ0) is 11.0. The monoisotopic (exact) mass is 335 g/mol. The van der Waals surface area contributed by atoms with Gasteiger partial charge in [0, 0.05) is 0 Å². The molecule has 0 unspecified atom stereocenters. The quantitative estimate of drug-likeness (QED) is 0.361. The summed E-state index contributed by atoms with van der Waals surface area (Å²) in [6.45, 7) is 2.42. The SMILES string of the molecule is CC[n+]1c(N)[nH]c(=O)c2[nH]c(=O)cnc21.[I-]. The van der Waals surface area contributed by atoms with Crippen molar-refractivity contribution in [3.63, 3.8) is 0 Å². The van der Waals surface area contributed by atoms with Crippen molar-refractivity contribution in [3.8, 4) is 0 Å². The fourth-order valence-corrected chi connectivity index (χ4v) is 1.44. The normalized spacial score (nSPS) is 10.1. The Hall–Kier alpha value is -1.45. The molecular weight excluding hydrogens is 325 g/mol. The molecule has 0 radical (unpaired) electrons. The Balaban J connectivity index is 0.00000128.